The van der Waals surface area contributed by atoms with Crippen molar-refractivity contribution >= 4 is 5.91 Å². The van der Waals surface area contributed by atoms with Gasteiger partial charge in [-0.2, -0.15) is 0 Å². The van der Waals surface area contributed by atoms with E-state index in [0.29, 0.717) is 11.5 Å². The van der Waals surface area contributed by atoms with E-state index in [1.807, 2.05) is 0 Å². The lowest BCUT2D eigenvalue weighted by Gasteiger charge is -2.44. The van der Waals surface area contributed by atoms with Crippen molar-refractivity contribution in [2.45, 2.75) is 83.3 Å². The van der Waals surface area contributed by atoms with Crippen LogP contribution < -0.4 is 0 Å². The van der Waals surface area contributed by atoms with E-state index in [1.165, 1.54) is 32.1 Å². The second-order valence-electron chi connectivity index (χ2n) is 7.52. The molecule has 0 aromatic carbocycles. The molecule has 0 aromatic heterocycles. The second kappa shape index (κ2) is 7.16. The minimum Gasteiger partial charge on any atom is -0.365 e. The van der Waals surface area contributed by atoms with Crippen LogP contribution in [0.2, 0.25) is 0 Å². The summed E-state index contributed by atoms with van der Waals surface area (Å²) in [7, 11) is 0. The van der Waals surface area contributed by atoms with E-state index >= 15 is 0 Å². The number of piperidine rings is 1. The van der Waals surface area contributed by atoms with E-state index in [2.05, 4.69) is 24.0 Å². The molecule has 3 nitrogen and oxygen atoms in total. The number of rotatable bonds is 4. The summed E-state index contributed by atoms with van der Waals surface area (Å²) in [5.41, 5.74) is 0.355. The molecule has 0 bridgehead atoms. The Labute approximate surface area is 135 Å². The highest BCUT2D eigenvalue weighted by molar-refractivity contribution is 5.81. The third-order valence-electron chi connectivity index (χ3n) is 5.84. The van der Waals surface area contributed by atoms with Crippen molar-refractivity contribution in [3.8, 4) is 0 Å². The quantitative estimate of drug-likeness (QED) is 0.733. The number of allylic oxidation sites excluding steroid dienone is 2. The van der Waals surface area contributed by atoms with Gasteiger partial charge in [0.15, 0.2) is 0 Å². The molecule has 1 saturated carbocycles. The Hall–Kier alpha value is -0.830. The zero-order valence-electron chi connectivity index (χ0n) is 14.1. The monoisotopic (exact) mass is 305 g/mol. The molecule has 1 aliphatic heterocycles. The first-order valence-corrected chi connectivity index (χ1v) is 9.32. The third kappa shape index (κ3) is 3.56. The zero-order chi connectivity index (χ0) is 15.4. The number of nitrogens with zero attached hydrogens (tertiary/aromatic N) is 1. The van der Waals surface area contributed by atoms with Gasteiger partial charge < -0.3 is 9.64 Å². The number of hydrogen-bond donors (Lipinski definition) is 0. The summed E-state index contributed by atoms with van der Waals surface area (Å²) < 4.78 is 6.15. The van der Waals surface area contributed by atoms with Gasteiger partial charge in [-0.05, 0) is 56.8 Å². The van der Waals surface area contributed by atoms with Gasteiger partial charge in [0.1, 0.15) is 6.10 Å². The molecular weight excluding hydrogens is 274 g/mol. The number of carbonyl (C=O) groups excluding carboxylic acids is 1. The summed E-state index contributed by atoms with van der Waals surface area (Å²) in [5.74, 6) is 0.253. The smallest absolute Gasteiger partial charge is 0.251 e. The van der Waals surface area contributed by atoms with Crippen molar-refractivity contribution in [2.24, 2.45) is 5.41 Å². The molecule has 124 valence electrons. The fourth-order valence-corrected chi connectivity index (χ4v) is 4.50. The number of likely N-dealkylation sites (tertiary alicyclic amines) is 1. The molecule has 1 saturated heterocycles. The molecule has 22 heavy (non-hydrogen) atoms. The molecule has 2 fully saturated rings. The van der Waals surface area contributed by atoms with Crippen LogP contribution in [0, 0.1) is 5.41 Å². The predicted molar refractivity (Wildman–Crippen MR) is 88.7 cm³/mol. The topological polar surface area (TPSA) is 29.5 Å². The van der Waals surface area contributed by atoms with Crippen LogP contribution >= 0.6 is 0 Å². The van der Waals surface area contributed by atoms with E-state index in [0.717, 1.165) is 45.2 Å². The highest BCUT2D eigenvalue weighted by Gasteiger charge is 2.38. The molecule has 0 radical (unpaired) electrons. The van der Waals surface area contributed by atoms with Crippen molar-refractivity contribution in [3.63, 3.8) is 0 Å². The molecule has 2 unspecified atom stereocenters. The molecule has 2 atom stereocenters. The van der Waals surface area contributed by atoms with E-state index in [9.17, 15) is 4.79 Å². The maximum Gasteiger partial charge on any atom is 0.251 e. The van der Waals surface area contributed by atoms with Crippen LogP contribution in [0.4, 0.5) is 0 Å². The normalized spacial score (nSPS) is 30.9. The molecule has 3 aliphatic rings. The SMILES string of the molecule is CCC(OC1CCCC1)C(=O)N1CCCC2(CC=CCC2)C1. The average molecular weight is 305 g/mol. The molecule has 2 aliphatic carbocycles. The van der Waals surface area contributed by atoms with E-state index in [1.54, 1.807) is 0 Å². The van der Waals surface area contributed by atoms with Crippen molar-refractivity contribution < 1.29 is 9.53 Å². The Kier molecular flexibility index (Phi) is 5.22. The van der Waals surface area contributed by atoms with Gasteiger partial charge in [-0.25, -0.2) is 0 Å². The fraction of sp³-hybridized carbons (Fsp3) is 0.842. The summed E-state index contributed by atoms with van der Waals surface area (Å²) in [6, 6.07) is 0. The highest BCUT2D eigenvalue weighted by Crippen LogP contribution is 2.41. The van der Waals surface area contributed by atoms with Gasteiger partial charge in [0.2, 0.25) is 0 Å². The second-order valence-corrected chi connectivity index (χ2v) is 7.52. The lowest BCUT2D eigenvalue weighted by Crippen LogP contribution is -2.50. The van der Waals surface area contributed by atoms with Gasteiger partial charge in [0, 0.05) is 13.1 Å². The molecule has 1 spiro atoms. The summed E-state index contributed by atoms with van der Waals surface area (Å²) in [6.07, 6.45) is 16.3. The first kappa shape index (κ1) is 16.0. The molecule has 3 heteroatoms. The number of carbonyl (C=O) groups is 1. The molecule has 1 amide bonds. The average Bonchev–Trinajstić information content (AvgIpc) is 3.06. The van der Waals surface area contributed by atoms with E-state index in [4.69, 9.17) is 4.74 Å². The number of ether oxygens (including phenoxy) is 1. The van der Waals surface area contributed by atoms with Crippen LogP contribution in [-0.2, 0) is 9.53 Å². The van der Waals surface area contributed by atoms with Crippen molar-refractivity contribution in [2.75, 3.05) is 13.1 Å². The lowest BCUT2D eigenvalue weighted by molar-refractivity contribution is -0.151. The van der Waals surface area contributed by atoms with Gasteiger partial charge in [-0.3, -0.25) is 4.79 Å². The lowest BCUT2D eigenvalue weighted by atomic mass is 9.71. The number of amides is 1. The number of hydrogen-bond acceptors (Lipinski definition) is 2. The Morgan fingerprint density at radius 3 is 2.77 bits per heavy atom. The Balaban J connectivity index is 1.60. The fourth-order valence-electron chi connectivity index (χ4n) is 4.50. The van der Waals surface area contributed by atoms with E-state index in [-0.39, 0.29) is 12.0 Å². The van der Waals surface area contributed by atoms with Crippen LogP contribution in [0.15, 0.2) is 12.2 Å². The van der Waals surface area contributed by atoms with Gasteiger partial charge in [0.25, 0.3) is 5.91 Å². The predicted octanol–water partition coefficient (Wildman–Crippen LogP) is 4.07. The summed E-state index contributed by atoms with van der Waals surface area (Å²) in [4.78, 5) is 15.0. The van der Waals surface area contributed by atoms with Gasteiger partial charge >= 0.3 is 0 Å². The Morgan fingerprint density at radius 2 is 2.09 bits per heavy atom. The third-order valence-corrected chi connectivity index (χ3v) is 5.84. The van der Waals surface area contributed by atoms with Crippen molar-refractivity contribution in [1.82, 2.24) is 4.90 Å². The van der Waals surface area contributed by atoms with Gasteiger partial charge in [-0.1, -0.05) is 31.9 Å². The van der Waals surface area contributed by atoms with Crippen LogP contribution in [-0.4, -0.2) is 36.1 Å². The largest absolute Gasteiger partial charge is 0.365 e. The maximum atomic E-state index is 12.9. The van der Waals surface area contributed by atoms with Crippen molar-refractivity contribution in [3.05, 3.63) is 12.2 Å². The van der Waals surface area contributed by atoms with Crippen LogP contribution in [0.25, 0.3) is 0 Å². The van der Waals surface area contributed by atoms with Crippen molar-refractivity contribution in [1.29, 1.82) is 0 Å². The first-order valence-electron chi connectivity index (χ1n) is 9.32. The summed E-state index contributed by atoms with van der Waals surface area (Å²) in [6.45, 7) is 3.95. The van der Waals surface area contributed by atoms with E-state index < -0.39 is 0 Å². The standard InChI is InChI=1S/C19H31NO2/c1-2-17(22-16-9-4-5-10-16)18(21)20-14-8-13-19(15-20)11-6-3-7-12-19/h3,6,16-17H,2,4-5,7-15H2,1H3. The molecule has 0 aromatic rings. The first-order chi connectivity index (χ1) is 10.7. The maximum absolute atomic E-state index is 12.9. The minimum atomic E-state index is -0.211. The van der Waals surface area contributed by atoms with Crippen LogP contribution in [0.3, 0.4) is 0 Å². The highest BCUT2D eigenvalue weighted by atomic mass is 16.5. The molecular formula is C19H31NO2. The van der Waals surface area contributed by atoms with Crippen LogP contribution in [0.5, 0.6) is 0 Å². The minimum absolute atomic E-state index is 0.211. The Morgan fingerprint density at radius 1 is 1.27 bits per heavy atom. The summed E-state index contributed by atoms with van der Waals surface area (Å²) in [5, 5.41) is 0. The zero-order valence-corrected chi connectivity index (χ0v) is 14.1. The van der Waals surface area contributed by atoms with Crippen LogP contribution in [0.1, 0.15) is 71.1 Å². The Bertz CT molecular complexity index is 414. The molecule has 0 N–H and O–H groups in total. The molecule has 1 heterocycles. The van der Waals surface area contributed by atoms with Gasteiger partial charge in [0.05, 0.1) is 6.10 Å². The molecule has 3 rings (SSSR count). The summed E-state index contributed by atoms with van der Waals surface area (Å²) >= 11 is 0. The van der Waals surface area contributed by atoms with Gasteiger partial charge in [-0.15, -0.1) is 0 Å².